The predicted molar refractivity (Wildman–Crippen MR) is 33.2 cm³/mol. The number of hydrogen-bond acceptors (Lipinski definition) is 4. The molecule has 0 spiro atoms. The molecule has 0 bridgehead atoms. The third-order valence-electron chi connectivity index (χ3n) is 1.04. The van der Waals surface area contributed by atoms with Crippen molar-refractivity contribution in [2.75, 3.05) is 6.54 Å². The number of nitrogens with zero attached hydrogens (tertiary/aromatic N) is 2. The zero-order valence-corrected chi connectivity index (χ0v) is 5.28. The largest absolute Gasteiger partial charge is 0.365 e. The van der Waals surface area contributed by atoms with Gasteiger partial charge in [-0.15, -0.1) is 0 Å². The van der Waals surface area contributed by atoms with E-state index in [9.17, 15) is 4.79 Å². The van der Waals surface area contributed by atoms with Crippen molar-refractivity contribution in [2.24, 2.45) is 4.99 Å². The molecule has 4 heteroatoms. The summed E-state index contributed by atoms with van der Waals surface area (Å²) in [4.78, 5) is 13.0. The van der Waals surface area contributed by atoms with E-state index in [1.54, 1.807) is 6.07 Å². The van der Waals surface area contributed by atoms with Gasteiger partial charge in [-0.2, -0.15) is 0 Å². The van der Waals surface area contributed by atoms with Crippen LogP contribution >= 0.6 is 0 Å². The Hall–Kier alpha value is -1.41. The Kier molecular flexibility index (Phi) is 2.40. The average molecular weight is 138 g/mol. The topological polar surface area (TPSA) is 55.5 Å². The minimum atomic E-state index is 0.427. The van der Waals surface area contributed by atoms with Crippen molar-refractivity contribution in [3.8, 4) is 0 Å². The first kappa shape index (κ1) is 6.71. The first-order valence-corrected chi connectivity index (χ1v) is 2.86. The van der Waals surface area contributed by atoms with Crippen LogP contribution in [0.15, 0.2) is 21.8 Å². The predicted octanol–water partition coefficient (Wildman–Crippen LogP) is 0.553. The smallest absolute Gasteiger partial charge is 0.234 e. The molecular formula is C6H6N2O2. The lowest BCUT2D eigenvalue weighted by Crippen LogP contribution is -1.87. The Balaban J connectivity index is 2.34. The highest BCUT2D eigenvalue weighted by molar-refractivity contribution is 5.32. The normalized spacial score (nSPS) is 8.80. The van der Waals surface area contributed by atoms with Crippen LogP contribution in [0, 0.1) is 0 Å². The summed E-state index contributed by atoms with van der Waals surface area (Å²) in [5.74, 6) is 0. The van der Waals surface area contributed by atoms with Crippen LogP contribution in [0.5, 0.6) is 0 Å². The third kappa shape index (κ3) is 1.84. The van der Waals surface area contributed by atoms with Crippen molar-refractivity contribution in [1.82, 2.24) is 5.16 Å². The molecule has 0 fully saturated rings. The number of isocyanates is 1. The van der Waals surface area contributed by atoms with Crippen LogP contribution in [-0.2, 0) is 11.2 Å². The Morgan fingerprint density at radius 2 is 2.70 bits per heavy atom. The fourth-order valence-electron chi connectivity index (χ4n) is 0.583. The molecule has 0 amide bonds. The molecule has 0 atom stereocenters. The Bertz CT molecular complexity index is 224. The minimum Gasteiger partial charge on any atom is -0.365 e. The van der Waals surface area contributed by atoms with Gasteiger partial charge in [0.2, 0.25) is 6.08 Å². The van der Waals surface area contributed by atoms with E-state index in [1.165, 1.54) is 12.3 Å². The molecule has 0 aliphatic carbocycles. The Morgan fingerprint density at radius 1 is 1.80 bits per heavy atom. The van der Waals surface area contributed by atoms with Crippen LogP contribution < -0.4 is 0 Å². The van der Waals surface area contributed by atoms with Gasteiger partial charge >= 0.3 is 0 Å². The summed E-state index contributed by atoms with van der Waals surface area (Å²) in [5.41, 5.74) is 0.805. The minimum absolute atomic E-state index is 0.427. The number of aliphatic imine (C=N–C) groups is 1. The highest BCUT2D eigenvalue weighted by Crippen LogP contribution is 1.94. The first-order valence-electron chi connectivity index (χ1n) is 2.86. The standard InChI is InChI=1S/C6H6N2O2/c9-5-7-3-1-6-2-4-10-8-6/h2,4H,1,3H2. The number of carbonyl (C=O) groups excluding carboxylic acids is 1. The molecular weight excluding hydrogens is 132 g/mol. The van der Waals surface area contributed by atoms with E-state index in [0.717, 1.165) is 5.69 Å². The fraction of sp³-hybridized carbons (Fsp3) is 0.333. The van der Waals surface area contributed by atoms with E-state index in [4.69, 9.17) is 0 Å². The van der Waals surface area contributed by atoms with Crippen LogP contribution in [0.25, 0.3) is 0 Å². The van der Waals surface area contributed by atoms with Gasteiger partial charge in [0.25, 0.3) is 0 Å². The van der Waals surface area contributed by atoms with Crippen molar-refractivity contribution in [3.63, 3.8) is 0 Å². The average Bonchev–Trinajstić information content (AvgIpc) is 2.41. The van der Waals surface area contributed by atoms with Gasteiger partial charge in [-0.05, 0) is 0 Å². The maximum absolute atomic E-state index is 9.60. The van der Waals surface area contributed by atoms with Gasteiger partial charge in [0.1, 0.15) is 6.26 Å². The lowest BCUT2D eigenvalue weighted by atomic mass is 10.3. The highest BCUT2D eigenvalue weighted by Gasteiger charge is 1.92. The van der Waals surface area contributed by atoms with Crippen molar-refractivity contribution >= 4 is 6.08 Å². The van der Waals surface area contributed by atoms with Crippen molar-refractivity contribution in [1.29, 1.82) is 0 Å². The van der Waals surface area contributed by atoms with E-state index in [0.29, 0.717) is 13.0 Å². The fourth-order valence-corrected chi connectivity index (χ4v) is 0.583. The lowest BCUT2D eigenvalue weighted by Gasteiger charge is -1.83. The van der Waals surface area contributed by atoms with Crippen LogP contribution in [0.1, 0.15) is 5.69 Å². The lowest BCUT2D eigenvalue weighted by molar-refractivity contribution is 0.412. The van der Waals surface area contributed by atoms with Gasteiger partial charge in [0, 0.05) is 12.5 Å². The molecule has 0 unspecified atom stereocenters. The number of rotatable bonds is 3. The maximum atomic E-state index is 9.60. The van der Waals surface area contributed by atoms with Crippen molar-refractivity contribution < 1.29 is 9.32 Å². The molecule has 10 heavy (non-hydrogen) atoms. The molecule has 1 aromatic heterocycles. The highest BCUT2D eigenvalue weighted by atomic mass is 16.5. The molecule has 4 nitrogen and oxygen atoms in total. The Morgan fingerprint density at radius 3 is 3.30 bits per heavy atom. The number of aromatic nitrogens is 1. The summed E-state index contributed by atoms with van der Waals surface area (Å²) in [6.07, 6.45) is 3.56. The summed E-state index contributed by atoms with van der Waals surface area (Å²) < 4.78 is 4.55. The molecule has 1 heterocycles. The molecule has 52 valence electrons. The van der Waals surface area contributed by atoms with Gasteiger partial charge in [-0.1, -0.05) is 5.16 Å². The summed E-state index contributed by atoms with van der Waals surface area (Å²) >= 11 is 0. The monoisotopic (exact) mass is 138 g/mol. The summed E-state index contributed by atoms with van der Waals surface area (Å²) in [5, 5.41) is 3.62. The zero-order chi connectivity index (χ0) is 7.23. The van der Waals surface area contributed by atoms with Gasteiger partial charge in [0.15, 0.2) is 0 Å². The van der Waals surface area contributed by atoms with Gasteiger partial charge < -0.3 is 4.52 Å². The molecule has 0 saturated heterocycles. The van der Waals surface area contributed by atoms with E-state index < -0.39 is 0 Å². The molecule has 0 aromatic carbocycles. The second kappa shape index (κ2) is 3.58. The van der Waals surface area contributed by atoms with E-state index in [2.05, 4.69) is 14.7 Å². The van der Waals surface area contributed by atoms with Crippen LogP contribution in [0.2, 0.25) is 0 Å². The second-order valence-corrected chi connectivity index (χ2v) is 1.71. The molecule has 0 aliphatic rings. The van der Waals surface area contributed by atoms with Gasteiger partial charge in [-0.25, -0.2) is 9.79 Å². The van der Waals surface area contributed by atoms with Crippen LogP contribution in [0.3, 0.4) is 0 Å². The Labute approximate surface area is 57.5 Å². The molecule has 1 rings (SSSR count). The molecule has 0 radical (unpaired) electrons. The number of hydrogen-bond donors (Lipinski definition) is 0. The molecule has 1 aromatic rings. The van der Waals surface area contributed by atoms with E-state index in [-0.39, 0.29) is 0 Å². The van der Waals surface area contributed by atoms with Crippen LogP contribution in [-0.4, -0.2) is 17.8 Å². The van der Waals surface area contributed by atoms with Gasteiger partial charge in [0.05, 0.1) is 12.2 Å². The summed E-state index contributed by atoms with van der Waals surface area (Å²) in [6, 6.07) is 1.74. The molecule has 0 aliphatic heterocycles. The quantitative estimate of drug-likeness (QED) is 0.452. The van der Waals surface area contributed by atoms with Crippen molar-refractivity contribution in [3.05, 3.63) is 18.0 Å². The second-order valence-electron chi connectivity index (χ2n) is 1.71. The SMILES string of the molecule is O=C=NCCc1ccon1. The van der Waals surface area contributed by atoms with Gasteiger partial charge in [-0.3, -0.25) is 0 Å². The third-order valence-corrected chi connectivity index (χ3v) is 1.04. The van der Waals surface area contributed by atoms with Crippen molar-refractivity contribution in [2.45, 2.75) is 6.42 Å². The van der Waals surface area contributed by atoms with Crippen LogP contribution in [0.4, 0.5) is 0 Å². The van der Waals surface area contributed by atoms with E-state index in [1.807, 2.05) is 0 Å². The molecule has 0 saturated carbocycles. The maximum Gasteiger partial charge on any atom is 0.234 e. The molecule has 0 N–H and O–H groups in total. The zero-order valence-electron chi connectivity index (χ0n) is 5.28. The summed E-state index contributed by atoms with van der Waals surface area (Å²) in [6.45, 7) is 0.427. The van der Waals surface area contributed by atoms with E-state index >= 15 is 0 Å². The summed E-state index contributed by atoms with van der Waals surface area (Å²) in [7, 11) is 0. The first-order chi connectivity index (χ1) is 4.93.